The minimum atomic E-state index is -0.0714. The Morgan fingerprint density at radius 3 is 1.40 bits per heavy atom. The zero-order chi connectivity index (χ0) is 59.3. The summed E-state index contributed by atoms with van der Waals surface area (Å²) in [5.74, 6) is 0. The molecule has 0 unspecified atom stereocenters. The third kappa shape index (κ3) is 9.20. The van der Waals surface area contributed by atoms with Gasteiger partial charge in [0.2, 0.25) is 0 Å². The average Bonchev–Trinajstić information content (AvgIpc) is 1.69. The fourth-order valence-corrected chi connectivity index (χ4v) is 16.2. The van der Waals surface area contributed by atoms with E-state index in [1.165, 1.54) is 123 Å². The highest BCUT2D eigenvalue weighted by Crippen LogP contribution is 2.56. The van der Waals surface area contributed by atoms with Crippen LogP contribution in [-0.4, -0.2) is 6.71 Å². The van der Waals surface area contributed by atoms with Crippen LogP contribution in [0.1, 0.15) is 156 Å². The van der Waals surface area contributed by atoms with Gasteiger partial charge in [0.25, 0.3) is 6.71 Å². The highest BCUT2D eigenvalue weighted by molar-refractivity contribution is 7.33. The van der Waals surface area contributed by atoms with E-state index in [9.17, 15) is 0 Å². The summed E-state index contributed by atoms with van der Waals surface area (Å²) in [4.78, 5) is 7.90. The van der Waals surface area contributed by atoms with Gasteiger partial charge >= 0.3 is 0 Å². The maximum atomic E-state index is 2.75. The maximum Gasteiger partial charge on any atom is 0.264 e. The van der Waals surface area contributed by atoms with E-state index in [2.05, 4.69) is 306 Å². The summed E-state index contributed by atoms with van der Waals surface area (Å²) in [5.41, 5.74) is 26.9. The molecule has 426 valence electrons. The zero-order valence-electron chi connectivity index (χ0n) is 52.6. The van der Waals surface area contributed by atoms with Gasteiger partial charge < -0.3 is 14.7 Å². The van der Waals surface area contributed by atoms with E-state index in [4.69, 9.17) is 0 Å². The van der Waals surface area contributed by atoms with Crippen LogP contribution in [0.2, 0.25) is 0 Å². The second-order valence-electron chi connectivity index (χ2n) is 30.0. The fraction of sp³-hybridized carbons (Fsp3) is 0.300. The molecule has 1 aromatic heterocycles. The highest BCUT2D eigenvalue weighted by Gasteiger charge is 2.48. The molecule has 0 saturated carbocycles. The first-order valence-electron chi connectivity index (χ1n) is 31.3. The van der Waals surface area contributed by atoms with Gasteiger partial charge in [-0.2, -0.15) is 0 Å². The molecule has 3 nitrogen and oxygen atoms in total. The highest BCUT2D eigenvalue weighted by atomic mass is 32.1. The molecule has 2 aliphatic heterocycles. The Bertz CT molecular complexity index is 4190. The second kappa shape index (κ2) is 19.5. The summed E-state index contributed by atoms with van der Waals surface area (Å²) < 4.78 is 2.78. The Hall–Kier alpha value is -7.60. The van der Waals surface area contributed by atoms with Crippen LogP contribution in [-0.2, 0) is 32.5 Å². The van der Waals surface area contributed by atoms with E-state index in [0.717, 1.165) is 35.6 Å². The van der Waals surface area contributed by atoms with E-state index in [1.54, 1.807) is 0 Å². The molecule has 0 saturated heterocycles. The Morgan fingerprint density at radius 2 is 0.859 bits per heavy atom. The summed E-state index contributed by atoms with van der Waals surface area (Å²) >= 11 is 2.04. The molecule has 0 atom stereocenters. The molecule has 0 radical (unpaired) electrons. The van der Waals surface area contributed by atoms with Crippen molar-refractivity contribution in [1.29, 1.82) is 0 Å². The van der Waals surface area contributed by atoms with Crippen LogP contribution in [0.5, 0.6) is 0 Å². The quantitative estimate of drug-likeness (QED) is 0.147. The number of nitrogens with zero attached hydrogens (tertiary/aromatic N) is 3. The predicted octanol–water partition coefficient (Wildman–Crippen LogP) is 21.1. The molecular weight excluding hydrogens is 1050 g/mol. The van der Waals surface area contributed by atoms with Crippen molar-refractivity contribution in [3.8, 4) is 22.3 Å². The predicted molar refractivity (Wildman–Crippen MR) is 369 cm³/mol. The van der Waals surface area contributed by atoms with E-state index in [-0.39, 0.29) is 39.2 Å². The van der Waals surface area contributed by atoms with Gasteiger partial charge in [0.05, 0.1) is 11.4 Å². The number of hydrogen-bond donors (Lipinski definition) is 0. The summed E-state index contributed by atoms with van der Waals surface area (Å²) in [5, 5.41) is 1.35. The molecule has 0 bridgehead atoms. The van der Waals surface area contributed by atoms with E-state index < -0.39 is 0 Å². The summed E-state index contributed by atoms with van der Waals surface area (Å²) in [7, 11) is 0. The third-order valence-corrected chi connectivity index (χ3v) is 21.5. The first-order valence-corrected chi connectivity index (χ1v) is 32.1. The van der Waals surface area contributed by atoms with E-state index >= 15 is 0 Å². The lowest BCUT2D eigenvalue weighted by Gasteiger charge is -2.45. The molecule has 0 spiro atoms. The number of anilines is 9. The third-order valence-electron chi connectivity index (χ3n) is 20.3. The molecule has 9 aromatic carbocycles. The Balaban J connectivity index is 1.13. The maximum absolute atomic E-state index is 2.75. The van der Waals surface area contributed by atoms with Crippen LogP contribution in [0.25, 0.3) is 32.3 Å². The van der Waals surface area contributed by atoms with Gasteiger partial charge in [0.1, 0.15) is 0 Å². The molecule has 14 rings (SSSR count). The second-order valence-corrected chi connectivity index (χ2v) is 31.0. The monoisotopic (exact) mass is 1130 g/mol. The lowest BCUT2D eigenvalue weighted by atomic mass is 9.36. The van der Waals surface area contributed by atoms with Gasteiger partial charge in [-0.1, -0.05) is 212 Å². The Kier molecular flexibility index (Phi) is 12.7. The number of fused-ring (bicyclic) bond motifs is 8. The summed E-state index contributed by atoms with van der Waals surface area (Å²) in [6.07, 6.45) is 4.63. The molecule has 4 aliphatic rings. The minimum Gasteiger partial charge on any atom is -0.311 e. The first kappa shape index (κ1) is 55.3. The van der Waals surface area contributed by atoms with Crippen LogP contribution in [0.15, 0.2) is 194 Å². The van der Waals surface area contributed by atoms with Gasteiger partial charge in [0.15, 0.2) is 0 Å². The van der Waals surface area contributed by atoms with Crippen molar-refractivity contribution in [3.05, 3.63) is 228 Å². The first-order chi connectivity index (χ1) is 40.4. The van der Waals surface area contributed by atoms with Gasteiger partial charge in [0, 0.05) is 54.7 Å². The average molecular weight is 1130 g/mol. The van der Waals surface area contributed by atoms with Crippen molar-refractivity contribution in [2.24, 2.45) is 0 Å². The van der Waals surface area contributed by atoms with Gasteiger partial charge in [-0.3, -0.25) is 0 Å². The SMILES string of the molecule is CC(C)(C)c1ccc(N(c2ccc(C(C)(C)C)cc2)c2cc3c4c(c2)N(c2ccc5c(c2)C(C)(C)CCC5(C)C)c2c(sc5cc6c(cc25)C(C)(C)CCC6(C)C)B4c2cc(-c4ccccc4)ccc2N3c2ccc(-c3ccccc3)cc2)cc1. The van der Waals surface area contributed by atoms with Crippen molar-refractivity contribution in [2.45, 2.75) is 155 Å². The standard InChI is InChI=1S/C80H82BN3S/c1-75(2,3)55-28-34-57(35-29-55)82(58-36-30-56(31-37-58)76(4,5)6)61-47-69-72-70(48-61)84(60-38-39-63-64(46-60)78(9,10)42-41-77(63,7)8)73-62-49-65-66(80(13,14)44-43-79(65,11)12)50-71(62)85-74(73)81(72)67-45-54(52-23-19-16-20-24-52)27-40-68(67)83(69)59-32-25-53(26-33-59)51-21-17-15-18-22-51/h15-40,45-50H,41-44H2,1-14H3. The van der Waals surface area contributed by atoms with Crippen LogP contribution in [0.3, 0.4) is 0 Å². The van der Waals surface area contributed by atoms with Crippen LogP contribution >= 0.6 is 11.3 Å². The van der Waals surface area contributed by atoms with Crippen molar-refractivity contribution in [2.75, 3.05) is 14.7 Å². The molecule has 0 fully saturated rings. The van der Waals surface area contributed by atoms with Gasteiger partial charge in [-0.15, -0.1) is 11.3 Å². The number of rotatable bonds is 7. The largest absolute Gasteiger partial charge is 0.311 e. The molecule has 3 heterocycles. The fourth-order valence-electron chi connectivity index (χ4n) is 14.8. The Labute approximate surface area is 511 Å². The Morgan fingerprint density at radius 1 is 0.400 bits per heavy atom. The molecule has 0 N–H and O–H groups in total. The normalized spacial score (nSPS) is 16.9. The van der Waals surface area contributed by atoms with E-state index in [1.807, 2.05) is 11.3 Å². The van der Waals surface area contributed by atoms with Gasteiger partial charge in [-0.05, 0) is 204 Å². The van der Waals surface area contributed by atoms with Crippen LogP contribution in [0.4, 0.5) is 51.2 Å². The van der Waals surface area contributed by atoms with Crippen LogP contribution in [0, 0.1) is 0 Å². The smallest absolute Gasteiger partial charge is 0.264 e. The van der Waals surface area contributed by atoms with Crippen LogP contribution < -0.4 is 30.4 Å². The van der Waals surface area contributed by atoms with E-state index in [0.29, 0.717) is 0 Å². The molecule has 85 heavy (non-hydrogen) atoms. The molecular formula is C80H82BN3S. The number of hydrogen-bond acceptors (Lipinski definition) is 4. The lowest BCUT2D eigenvalue weighted by molar-refractivity contribution is 0.332. The summed E-state index contributed by atoms with van der Waals surface area (Å²) in [6.45, 7) is 33.6. The molecule has 10 aromatic rings. The molecule has 0 amide bonds. The van der Waals surface area contributed by atoms with Crippen molar-refractivity contribution in [1.82, 2.24) is 0 Å². The number of thiophene rings is 1. The summed E-state index contributed by atoms with van der Waals surface area (Å²) in [6, 6.07) is 75.4. The van der Waals surface area contributed by atoms with Crippen molar-refractivity contribution >= 4 is 95.0 Å². The van der Waals surface area contributed by atoms with Crippen molar-refractivity contribution in [3.63, 3.8) is 0 Å². The molecule has 2 aliphatic carbocycles. The number of benzene rings is 9. The minimum absolute atomic E-state index is 0.000585. The lowest BCUT2D eigenvalue weighted by Crippen LogP contribution is -2.60. The molecule has 5 heteroatoms. The van der Waals surface area contributed by atoms with Crippen molar-refractivity contribution < 1.29 is 0 Å². The zero-order valence-corrected chi connectivity index (χ0v) is 53.4. The topological polar surface area (TPSA) is 9.72 Å². The van der Waals surface area contributed by atoms with Gasteiger partial charge in [-0.25, -0.2) is 0 Å².